The number of anilines is 1. The van der Waals surface area contributed by atoms with Gasteiger partial charge in [-0.3, -0.25) is 4.79 Å². The lowest BCUT2D eigenvalue weighted by Gasteiger charge is -2.05. The number of pyridine rings is 1. The number of nitrogens with one attached hydrogen (secondary N) is 1. The summed E-state index contributed by atoms with van der Waals surface area (Å²) in [6, 6.07) is 7.79. The van der Waals surface area contributed by atoms with Crippen LogP contribution in [0, 0.1) is 11.8 Å². The maximum absolute atomic E-state index is 13.1. The minimum absolute atomic E-state index is 0.0698. The van der Waals surface area contributed by atoms with Crippen molar-refractivity contribution in [3.63, 3.8) is 0 Å². The lowest BCUT2D eigenvalue weighted by Crippen LogP contribution is -2.13. The van der Waals surface area contributed by atoms with Gasteiger partial charge in [0.2, 0.25) is 5.95 Å². The molecule has 18 heavy (non-hydrogen) atoms. The lowest BCUT2D eigenvalue weighted by molar-refractivity contribution is 0.102. The van der Waals surface area contributed by atoms with Crippen LogP contribution in [-0.4, -0.2) is 10.9 Å². The molecule has 3 nitrogen and oxygen atoms in total. The summed E-state index contributed by atoms with van der Waals surface area (Å²) in [6.45, 7) is 0. The maximum atomic E-state index is 13.1. The molecule has 1 aromatic carbocycles. The second kappa shape index (κ2) is 5.22. The standard InChI is InChI=1S/C12H7BrF2N2O/c13-8-4-7(5-9(14)6-8)12(18)17-11-3-1-2-10(15)16-11/h1-6H,(H,16,17,18). The number of hydrogen-bond acceptors (Lipinski definition) is 2. The summed E-state index contributed by atoms with van der Waals surface area (Å²) in [4.78, 5) is 15.2. The summed E-state index contributed by atoms with van der Waals surface area (Å²) in [6.07, 6.45) is 0. The molecule has 6 heteroatoms. The lowest BCUT2D eigenvalue weighted by atomic mass is 10.2. The molecular formula is C12H7BrF2N2O. The van der Waals surface area contributed by atoms with Crippen LogP contribution in [-0.2, 0) is 0 Å². The first kappa shape index (κ1) is 12.6. The zero-order valence-electron chi connectivity index (χ0n) is 8.95. The SMILES string of the molecule is O=C(Nc1cccc(F)n1)c1cc(F)cc(Br)c1. The fourth-order valence-electron chi connectivity index (χ4n) is 1.35. The van der Waals surface area contributed by atoms with Gasteiger partial charge in [-0.2, -0.15) is 4.39 Å². The number of rotatable bonds is 2. The third-order valence-electron chi connectivity index (χ3n) is 2.08. The molecule has 0 atom stereocenters. The first-order chi connectivity index (χ1) is 8.54. The molecule has 1 heterocycles. The van der Waals surface area contributed by atoms with Crippen LogP contribution < -0.4 is 5.32 Å². The Bertz CT molecular complexity index is 584. The van der Waals surface area contributed by atoms with E-state index in [4.69, 9.17) is 0 Å². The smallest absolute Gasteiger partial charge is 0.256 e. The molecule has 0 radical (unpaired) electrons. The van der Waals surface area contributed by atoms with E-state index in [-0.39, 0.29) is 11.4 Å². The van der Waals surface area contributed by atoms with Gasteiger partial charge in [0.05, 0.1) is 0 Å². The van der Waals surface area contributed by atoms with Crippen LogP contribution in [0.5, 0.6) is 0 Å². The molecule has 2 aromatic rings. The number of halogens is 3. The van der Waals surface area contributed by atoms with Crippen molar-refractivity contribution in [1.29, 1.82) is 0 Å². The van der Waals surface area contributed by atoms with E-state index in [1.54, 1.807) is 0 Å². The number of aromatic nitrogens is 1. The van der Waals surface area contributed by atoms with Crippen LogP contribution in [0.2, 0.25) is 0 Å². The Hall–Kier alpha value is -1.82. The third-order valence-corrected chi connectivity index (χ3v) is 2.54. The largest absolute Gasteiger partial charge is 0.306 e. The second-order valence-corrected chi connectivity index (χ2v) is 4.37. The molecule has 0 saturated carbocycles. The van der Waals surface area contributed by atoms with E-state index in [0.29, 0.717) is 4.47 Å². The highest BCUT2D eigenvalue weighted by molar-refractivity contribution is 9.10. The zero-order valence-corrected chi connectivity index (χ0v) is 10.5. The van der Waals surface area contributed by atoms with Crippen LogP contribution in [0.15, 0.2) is 40.9 Å². The first-order valence-corrected chi connectivity index (χ1v) is 5.74. The Morgan fingerprint density at radius 3 is 2.67 bits per heavy atom. The summed E-state index contributed by atoms with van der Waals surface area (Å²) in [5.74, 6) is -1.73. The fourth-order valence-corrected chi connectivity index (χ4v) is 1.82. The van der Waals surface area contributed by atoms with Crippen molar-refractivity contribution >= 4 is 27.7 Å². The van der Waals surface area contributed by atoms with E-state index in [0.717, 1.165) is 12.1 Å². The topological polar surface area (TPSA) is 42.0 Å². The molecular weight excluding hydrogens is 306 g/mol. The summed E-state index contributed by atoms with van der Waals surface area (Å²) < 4.78 is 26.4. The molecule has 0 aliphatic rings. The van der Waals surface area contributed by atoms with E-state index in [2.05, 4.69) is 26.2 Å². The first-order valence-electron chi connectivity index (χ1n) is 4.94. The predicted octanol–water partition coefficient (Wildman–Crippen LogP) is 3.37. The minimum atomic E-state index is -0.701. The summed E-state index contributed by atoms with van der Waals surface area (Å²) >= 11 is 3.08. The van der Waals surface area contributed by atoms with Gasteiger partial charge < -0.3 is 5.32 Å². The number of amides is 1. The molecule has 0 spiro atoms. The molecule has 0 bridgehead atoms. The summed E-state index contributed by atoms with van der Waals surface area (Å²) in [5, 5.41) is 2.38. The Kier molecular flexibility index (Phi) is 3.66. The van der Waals surface area contributed by atoms with Crippen molar-refractivity contribution in [3.05, 3.63) is 58.2 Å². The highest BCUT2D eigenvalue weighted by atomic mass is 79.9. The molecule has 0 fully saturated rings. The Balaban J connectivity index is 2.22. The van der Waals surface area contributed by atoms with E-state index in [9.17, 15) is 13.6 Å². The molecule has 0 aliphatic heterocycles. The monoisotopic (exact) mass is 312 g/mol. The average molecular weight is 313 g/mol. The normalized spacial score (nSPS) is 10.2. The van der Waals surface area contributed by atoms with Crippen LogP contribution in [0.25, 0.3) is 0 Å². The Morgan fingerprint density at radius 1 is 1.22 bits per heavy atom. The molecule has 1 amide bonds. The van der Waals surface area contributed by atoms with Crippen LogP contribution in [0.4, 0.5) is 14.6 Å². The van der Waals surface area contributed by atoms with E-state index >= 15 is 0 Å². The maximum Gasteiger partial charge on any atom is 0.256 e. The van der Waals surface area contributed by atoms with Gasteiger partial charge in [0.25, 0.3) is 5.91 Å². The fraction of sp³-hybridized carbons (Fsp3) is 0. The van der Waals surface area contributed by atoms with E-state index < -0.39 is 17.7 Å². The quantitative estimate of drug-likeness (QED) is 0.864. The van der Waals surface area contributed by atoms with Gasteiger partial charge in [-0.05, 0) is 30.3 Å². The van der Waals surface area contributed by atoms with Crippen LogP contribution in [0.3, 0.4) is 0 Å². The van der Waals surface area contributed by atoms with Gasteiger partial charge in [-0.25, -0.2) is 9.37 Å². The van der Waals surface area contributed by atoms with Crippen molar-refractivity contribution in [2.75, 3.05) is 5.32 Å². The zero-order chi connectivity index (χ0) is 13.1. The number of nitrogens with zero attached hydrogens (tertiary/aromatic N) is 1. The van der Waals surface area contributed by atoms with Crippen molar-refractivity contribution in [2.45, 2.75) is 0 Å². The van der Waals surface area contributed by atoms with E-state index in [1.807, 2.05) is 0 Å². The van der Waals surface area contributed by atoms with Crippen molar-refractivity contribution in [1.82, 2.24) is 4.98 Å². The molecule has 1 N–H and O–H groups in total. The highest BCUT2D eigenvalue weighted by Gasteiger charge is 2.09. The molecule has 2 rings (SSSR count). The van der Waals surface area contributed by atoms with Crippen LogP contribution in [0.1, 0.15) is 10.4 Å². The van der Waals surface area contributed by atoms with Crippen molar-refractivity contribution in [3.8, 4) is 0 Å². The number of carbonyl (C=O) groups is 1. The minimum Gasteiger partial charge on any atom is -0.306 e. The number of carbonyl (C=O) groups excluding carboxylic acids is 1. The van der Waals surface area contributed by atoms with Gasteiger partial charge in [0, 0.05) is 10.0 Å². The number of hydrogen-bond donors (Lipinski definition) is 1. The average Bonchev–Trinajstić information content (AvgIpc) is 2.27. The Labute approximate surface area is 110 Å². The predicted molar refractivity (Wildman–Crippen MR) is 66.2 cm³/mol. The molecule has 0 unspecified atom stereocenters. The highest BCUT2D eigenvalue weighted by Crippen LogP contribution is 2.16. The van der Waals surface area contributed by atoms with E-state index in [1.165, 1.54) is 24.3 Å². The molecule has 0 aliphatic carbocycles. The molecule has 0 saturated heterocycles. The van der Waals surface area contributed by atoms with Gasteiger partial charge in [0.1, 0.15) is 11.6 Å². The van der Waals surface area contributed by atoms with Gasteiger partial charge in [-0.15, -0.1) is 0 Å². The van der Waals surface area contributed by atoms with Crippen LogP contribution >= 0.6 is 15.9 Å². The Morgan fingerprint density at radius 2 is 2.00 bits per heavy atom. The second-order valence-electron chi connectivity index (χ2n) is 3.46. The summed E-state index contributed by atoms with van der Waals surface area (Å²) in [5.41, 5.74) is 0.118. The van der Waals surface area contributed by atoms with Gasteiger partial charge in [0.15, 0.2) is 0 Å². The van der Waals surface area contributed by atoms with Crippen molar-refractivity contribution in [2.24, 2.45) is 0 Å². The van der Waals surface area contributed by atoms with Gasteiger partial charge in [-0.1, -0.05) is 22.0 Å². The summed E-state index contributed by atoms with van der Waals surface area (Å²) in [7, 11) is 0. The molecule has 92 valence electrons. The number of benzene rings is 1. The van der Waals surface area contributed by atoms with Gasteiger partial charge >= 0.3 is 0 Å². The van der Waals surface area contributed by atoms with Crippen molar-refractivity contribution < 1.29 is 13.6 Å². The molecule has 1 aromatic heterocycles. The third kappa shape index (κ3) is 3.10.